The van der Waals surface area contributed by atoms with Crippen molar-refractivity contribution in [2.45, 2.75) is 25.3 Å². The van der Waals surface area contributed by atoms with Crippen LogP contribution in [0.1, 0.15) is 24.1 Å². The van der Waals surface area contributed by atoms with E-state index in [1.54, 1.807) is 0 Å². The second kappa shape index (κ2) is 5.66. The van der Waals surface area contributed by atoms with Crippen LogP contribution in [-0.2, 0) is 4.79 Å². The number of halogens is 3. The van der Waals surface area contributed by atoms with E-state index < -0.39 is 5.38 Å². The van der Waals surface area contributed by atoms with Gasteiger partial charge in [-0.15, -0.1) is 22.9 Å². The van der Waals surface area contributed by atoms with Crippen molar-refractivity contribution in [2.75, 3.05) is 0 Å². The smallest absolute Gasteiger partial charge is 0.243 e. The molecule has 1 rings (SSSR count). The Hall–Kier alpha value is 0.420. The molecular weight excluding hydrogens is 365 g/mol. The molecule has 1 heterocycles. The highest BCUT2D eigenvalue weighted by atomic mass is 79.9. The number of thiophene rings is 1. The van der Waals surface area contributed by atoms with Crippen LogP contribution in [-0.4, -0.2) is 11.9 Å². The molecule has 0 aliphatic rings. The average Bonchev–Trinajstić information content (AvgIpc) is 2.44. The molecule has 1 amide bonds. The molecule has 0 saturated carbocycles. The average molecular weight is 376 g/mol. The number of hydrogen-bond acceptors (Lipinski definition) is 2. The second-order valence-corrected chi connectivity index (χ2v) is 6.99. The normalized spacial score (nSPS) is 12.9. The molecule has 1 unspecified atom stereocenters. The van der Waals surface area contributed by atoms with Crippen molar-refractivity contribution >= 4 is 60.7 Å². The first-order chi connectivity index (χ1) is 6.91. The minimum absolute atomic E-state index is 0.102. The molecule has 15 heavy (non-hydrogen) atoms. The summed E-state index contributed by atoms with van der Waals surface area (Å²) in [5, 5.41) is 2.15. The summed E-state index contributed by atoms with van der Waals surface area (Å²) in [6.07, 6.45) is 0. The van der Waals surface area contributed by atoms with Gasteiger partial charge in [0.05, 0.1) is 3.79 Å². The Kier molecular flexibility index (Phi) is 5.09. The first-order valence-corrected chi connectivity index (χ1v) is 7.15. The van der Waals surface area contributed by atoms with Crippen LogP contribution >= 0.6 is 54.8 Å². The lowest BCUT2D eigenvalue weighted by Crippen LogP contribution is -2.32. The minimum Gasteiger partial charge on any atom is -0.352 e. The number of nitrogens with one attached hydrogen (secondary N) is 1. The van der Waals surface area contributed by atoms with E-state index in [1.807, 2.05) is 19.9 Å². The van der Waals surface area contributed by atoms with Crippen molar-refractivity contribution in [1.82, 2.24) is 5.32 Å². The van der Waals surface area contributed by atoms with Gasteiger partial charge in [-0.05, 0) is 51.8 Å². The van der Waals surface area contributed by atoms with Crippen LogP contribution in [0.4, 0.5) is 0 Å². The molecule has 84 valence electrons. The Bertz CT molecular complexity index is 347. The van der Waals surface area contributed by atoms with E-state index in [9.17, 15) is 4.79 Å². The van der Waals surface area contributed by atoms with Crippen LogP contribution < -0.4 is 5.32 Å². The van der Waals surface area contributed by atoms with Crippen LogP contribution in [0, 0.1) is 0 Å². The summed E-state index contributed by atoms with van der Waals surface area (Å²) in [6, 6.07) is 1.96. The summed E-state index contributed by atoms with van der Waals surface area (Å²) in [6.45, 7) is 3.81. The first-order valence-electron chi connectivity index (χ1n) is 4.31. The third-order valence-electron chi connectivity index (χ3n) is 1.58. The van der Waals surface area contributed by atoms with E-state index in [4.69, 9.17) is 11.6 Å². The third-order valence-corrected chi connectivity index (χ3v) is 5.46. The predicted octanol–water partition coefficient (Wildman–Crippen LogP) is 4.08. The van der Waals surface area contributed by atoms with Crippen molar-refractivity contribution in [3.05, 3.63) is 19.2 Å². The van der Waals surface area contributed by atoms with Crippen LogP contribution in [0.25, 0.3) is 0 Å². The molecule has 0 saturated heterocycles. The molecule has 1 aromatic rings. The summed E-state index contributed by atoms with van der Waals surface area (Å²) in [5.41, 5.74) is 0. The number of amides is 1. The molecule has 0 bridgehead atoms. The zero-order valence-corrected chi connectivity index (χ0v) is 12.9. The molecular formula is C9H10Br2ClNOS. The molecule has 1 N–H and O–H groups in total. The summed E-state index contributed by atoms with van der Waals surface area (Å²) in [4.78, 5) is 12.4. The molecule has 0 aliphatic heterocycles. The number of hydrogen-bond donors (Lipinski definition) is 1. The van der Waals surface area contributed by atoms with Gasteiger partial charge in [-0.1, -0.05) is 0 Å². The van der Waals surface area contributed by atoms with Crippen LogP contribution in [0.2, 0.25) is 0 Å². The quantitative estimate of drug-likeness (QED) is 0.793. The predicted molar refractivity (Wildman–Crippen MR) is 71.6 cm³/mol. The fourth-order valence-corrected chi connectivity index (χ4v) is 3.30. The molecule has 1 atom stereocenters. The first kappa shape index (κ1) is 13.5. The van der Waals surface area contributed by atoms with Crippen molar-refractivity contribution in [1.29, 1.82) is 0 Å². The zero-order valence-electron chi connectivity index (χ0n) is 8.18. The van der Waals surface area contributed by atoms with Gasteiger partial charge in [0.15, 0.2) is 0 Å². The maximum Gasteiger partial charge on any atom is 0.243 e. The molecule has 1 aromatic heterocycles. The third kappa shape index (κ3) is 3.73. The summed E-state index contributed by atoms with van der Waals surface area (Å²) >= 11 is 14.2. The largest absolute Gasteiger partial charge is 0.352 e. The molecule has 0 radical (unpaired) electrons. The second-order valence-electron chi connectivity index (χ2n) is 3.30. The lowest BCUT2D eigenvalue weighted by molar-refractivity contribution is -0.121. The van der Waals surface area contributed by atoms with E-state index >= 15 is 0 Å². The fourth-order valence-electron chi connectivity index (χ4n) is 0.975. The molecule has 0 fully saturated rings. The van der Waals surface area contributed by atoms with Gasteiger partial charge in [0.2, 0.25) is 5.91 Å². The van der Waals surface area contributed by atoms with Crippen molar-refractivity contribution in [3.8, 4) is 0 Å². The Morgan fingerprint density at radius 1 is 1.53 bits per heavy atom. The van der Waals surface area contributed by atoms with E-state index in [-0.39, 0.29) is 11.9 Å². The Labute approximate surface area is 115 Å². The highest BCUT2D eigenvalue weighted by molar-refractivity contribution is 9.13. The maximum absolute atomic E-state index is 11.6. The fraction of sp³-hybridized carbons (Fsp3) is 0.444. The maximum atomic E-state index is 11.6. The van der Waals surface area contributed by atoms with Gasteiger partial charge in [-0.3, -0.25) is 4.79 Å². The number of carbonyl (C=O) groups excluding carboxylic acids is 1. The SMILES string of the molecule is CC(C)NC(=O)C(Cl)c1cc(Br)c(Br)s1. The van der Waals surface area contributed by atoms with E-state index in [2.05, 4.69) is 37.2 Å². The summed E-state index contributed by atoms with van der Waals surface area (Å²) in [7, 11) is 0. The lowest BCUT2D eigenvalue weighted by atomic mass is 10.3. The van der Waals surface area contributed by atoms with Gasteiger partial charge < -0.3 is 5.32 Å². The van der Waals surface area contributed by atoms with Gasteiger partial charge in [-0.25, -0.2) is 0 Å². The number of carbonyl (C=O) groups is 1. The Balaban J connectivity index is 2.76. The Morgan fingerprint density at radius 3 is 2.53 bits per heavy atom. The van der Waals surface area contributed by atoms with Gasteiger partial charge in [0.1, 0.15) is 5.38 Å². The number of alkyl halides is 1. The molecule has 0 aromatic carbocycles. The zero-order chi connectivity index (χ0) is 11.6. The standard InChI is InChI=1S/C9H10Br2ClNOS/c1-4(2)13-9(14)7(12)6-3-5(10)8(11)15-6/h3-4,7H,1-2H3,(H,13,14). The molecule has 6 heteroatoms. The topological polar surface area (TPSA) is 29.1 Å². The summed E-state index contributed by atoms with van der Waals surface area (Å²) < 4.78 is 1.87. The molecule has 2 nitrogen and oxygen atoms in total. The highest BCUT2D eigenvalue weighted by Crippen LogP contribution is 2.37. The van der Waals surface area contributed by atoms with E-state index in [1.165, 1.54) is 11.3 Å². The van der Waals surface area contributed by atoms with Gasteiger partial charge in [0.25, 0.3) is 0 Å². The van der Waals surface area contributed by atoms with Crippen molar-refractivity contribution < 1.29 is 4.79 Å². The van der Waals surface area contributed by atoms with Crippen LogP contribution in [0.5, 0.6) is 0 Å². The number of rotatable bonds is 3. The van der Waals surface area contributed by atoms with Gasteiger partial charge in [-0.2, -0.15) is 0 Å². The minimum atomic E-state index is -0.625. The van der Waals surface area contributed by atoms with Crippen molar-refractivity contribution in [2.24, 2.45) is 0 Å². The van der Waals surface area contributed by atoms with Crippen molar-refractivity contribution in [3.63, 3.8) is 0 Å². The molecule has 0 aliphatic carbocycles. The molecule has 0 spiro atoms. The van der Waals surface area contributed by atoms with Gasteiger partial charge >= 0.3 is 0 Å². The van der Waals surface area contributed by atoms with E-state index in [0.717, 1.165) is 13.1 Å². The monoisotopic (exact) mass is 373 g/mol. The lowest BCUT2D eigenvalue weighted by Gasteiger charge is -2.11. The van der Waals surface area contributed by atoms with Crippen LogP contribution in [0.15, 0.2) is 14.3 Å². The van der Waals surface area contributed by atoms with Gasteiger partial charge in [0, 0.05) is 15.4 Å². The van der Waals surface area contributed by atoms with E-state index in [0.29, 0.717) is 0 Å². The highest BCUT2D eigenvalue weighted by Gasteiger charge is 2.21. The van der Waals surface area contributed by atoms with Crippen LogP contribution in [0.3, 0.4) is 0 Å². The summed E-state index contributed by atoms with van der Waals surface area (Å²) in [5.74, 6) is -0.159. The Morgan fingerprint density at radius 2 is 2.13 bits per heavy atom.